The van der Waals surface area contributed by atoms with Gasteiger partial charge in [0.05, 0.1) is 11.7 Å². The van der Waals surface area contributed by atoms with Crippen molar-refractivity contribution in [2.24, 2.45) is 0 Å². The molecule has 0 spiro atoms. The normalized spacial score (nSPS) is 14.8. The van der Waals surface area contributed by atoms with Gasteiger partial charge in [0, 0.05) is 17.4 Å². The Morgan fingerprint density at radius 2 is 2.13 bits per heavy atom. The van der Waals surface area contributed by atoms with Gasteiger partial charge >= 0.3 is 0 Å². The number of carbonyl (C=O) groups excluding carboxylic acids is 1. The van der Waals surface area contributed by atoms with Crippen molar-refractivity contribution in [3.63, 3.8) is 0 Å². The van der Waals surface area contributed by atoms with Crippen LogP contribution in [0.15, 0.2) is 30.5 Å². The molecule has 1 aromatic heterocycles. The Labute approximate surface area is 86.7 Å². The number of Topliss-reactive ketones (excluding diaryl/α,β-unsaturated/α-hetero) is 1. The van der Waals surface area contributed by atoms with Gasteiger partial charge in [-0.3, -0.25) is 9.78 Å². The highest BCUT2D eigenvalue weighted by Crippen LogP contribution is 2.29. The van der Waals surface area contributed by atoms with Gasteiger partial charge in [0.25, 0.3) is 0 Å². The lowest BCUT2D eigenvalue weighted by molar-refractivity contribution is -0.121. The molecule has 1 aromatic carbocycles. The van der Waals surface area contributed by atoms with Gasteiger partial charge in [-0.15, -0.1) is 0 Å². The van der Waals surface area contributed by atoms with Crippen LogP contribution in [0.1, 0.15) is 5.56 Å². The highest BCUT2D eigenvalue weighted by molar-refractivity contribution is 5.92. The number of hydrogen-bond acceptors (Lipinski definition) is 3. The van der Waals surface area contributed by atoms with E-state index in [4.69, 9.17) is 4.74 Å². The van der Waals surface area contributed by atoms with Crippen LogP contribution in [0.25, 0.3) is 10.9 Å². The number of aromatic nitrogens is 1. The molecule has 3 nitrogen and oxygen atoms in total. The van der Waals surface area contributed by atoms with Crippen molar-refractivity contribution in [1.29, 1.82) is 0 Å². The lowest BCUT2D eigenvalue weighted by atomic mass is 10.0. The van der Waals surface area contributed by atoms with E-state index >= 15 is 0 Å². The van der Waals surface area contributed by atoms with Crippen molar-refractivity contribution in [3.8, 4) is 5.75 Å². The number of para-hydroxylation sites is 1. The van der Waals surface area contributed by atoms with Crippen LogP contribution in [0.2, 0.25) is 0 Å². The van der Waals surface area contributed by atoms with Gasteiger partial charge in [-0.2, -0.15) is 0 Å². The van der Waals surface area contributed by atoms with Gasteiger partial charge in [0.1, 0.15) is 12.4 Å². The molecule has 2 aromatic rings. The zero-order chi connectivity index (χ0) is 10.3. The maximum Gasteiger partial charge on any atom is 0.174 e. The molecular weight excluding hydrogens is 190 g/mol. The third-order valence-corrected chi connectivity index (χ3v) is 2.61. The van der Waals surface area contributed by atoms with E-state index in [9.17, 15) is 4.79 Å². The molecule has 2 heterocycles. The summed E-state index contributed by atoms with van der Waals surface area (Å²) in [5.74, 6) is 0.868. The van der Waals surface area contributed by atoms with Gasteiger partial charge in [-0.25, -0.2) is 0 Å². The third-order valence-electron chi connectivity index (χ3n) is 2.61. The number of carbonyl (C=O) groups is 1. The first-order chi connectivity index (χ1) is 7.34. The van der Waals surface area contributed by atoms with Crippen LogP contribution in [-0.2, 0) is 11.2 Å². The summed E-state index contributed by atoms with van der Waals surface area (Å²) in [5, 5.41) is 1.02. The molecule has 3 rings (SSSR count). The highest BCUT2D eigenvalue weighted by Gasteiger charge is 2.19. The summed E-state index contributed by atoms with van der Waals surface area (Å²) < 4.78 is 5.33. The molecule has 0 saturated carbocycles. The average molecular weight is 199 g/mol. The van der Waals surface area contributed by atoms with E-state index in [2.05, 4.69) is 4.98 Å². The minimum atomic E-state index is 0.124. The number of fused-ring (bicyclic) bond motifs is 3. The van der Waals surface area contributed by atoms with Gasteiger partial charge in [0.15, 0.2) is 5.78 Å². The Kier molecular flexibility index (Phi) is 1.71. The van der Waals surface area contributed by atoms with Crippen molar-refractivity contribution in [1.82, 2.24) is 4.98 Å². The van der Waals surface area contributed by atoms with Crippen molar-refractivity contribution in [2.75, 3.05) is 6.61 Å². The van der Waals surface area contributed by atoms with Crippen LogP contribution in [-0.4, -0.2) is 17.4 Å². The molecule has 3 heteroatoms. The first-order valence-electron chi connectivity index (χ1n) is 4.86. The fraction of sp³-hybridized carbons (Fsp3) is 0.167. The second kappa shape index (κ2) is 3.05. The molecule has 0 bridgehead atoms. The molecule has 0 fully saturated rings. The first kappa shape index (κ1) is 8.41. The number of pyridine rings is 1. The van der Waals surface area contributed by atoms with E-state index in [0.29, 0.717) is 6.42 Å². The molecule has 1 aliphatic rings. The van der Waals surface area contributed by atoms with Crippen molar-refractivity contribution in [2.45, 2.75) is 6.42 Å². The van der Waals surface area contributed by atoms with E-state index in [1.54, 1.807) is 6.20 Å². The summed E-state index contributed by atoms with van der Waals surface area (Å²) in [6.07, 6.45) is 2.16. The molecule has 15 heavy (non-hydrogen) atoms. The fourth-order valence-corrected chi connectivity index (χ4v) is 1.89. The molecule has 0 radical (unpaired) electrons. The van der Waals surface area contributed by atoms with Crippen molar-refractivity contribution >= 4 is 16.7 Å². The van der Waals surface area contributed by atoms with Crippen LogP contribution in [0.3, 0.4) is 0 Å². The average Bonchev–Trinajstić information content (AvgIpc) is 2.29. The molecular formula is C12H9NO2. The number of nitrogens with zero attached hydrogens (tertiary/aromatic N) is 1. The van der Waals surface area contributed by atoms with Crippen LogP contribution in [0.5, 0.6) is 5.75 Å². The van der Waals surface area contributed by atoms with E-state index in [0.717, 1.165) is 22.2 Å². The van der Waals surface area contributed by atoms with Gasteiger partial charge in [-0.05, 0) is 6.07 Å². The smallest absolute Gasteiger partial charge is 0.174 e. The summed E-state index contributed by atoms with van der Waals surface area (Å²) in [7, 11) is 0. The first-order valence-corrected chi connectivity index (χ1v) is 4.86. The number of ketones is 1. The van der Waals surface area contributed by atoms with Crippen molar-refractivity contribution < 1.29 is 9.53 Å². The van der Waals surface area contributed by atoms with E-state index in [1.165, 1.54) is 0 Å². The molecule has 0 amide bonds. The second-order valence-electron chi connectivity index (χ2n) is 3.62. The number of ether oxygens (including phenoxy) is 1. The molecule has 1 aliphatic heterocycles. The quantitative estimate of drug-likeness (QED) is 0.648. The fourth-order valence-electron chi connectivity index (χ4n) is 1.89. The molecule has 0 unspecified atom stereocenters. The lowest BCUT2D eigenvalue weighted by Crippen LogP contribution is -2.20. The Bertz CT molecular complexity index is 548. The predicted octanol–water partition coefficient (Wildman–Crippen LogP) is 1.74. The molecule has 0 saturated heterocycles. The minimum absolute atomic E-state index is 0.124. The summed E-state index contributed by atoms with van der Waals surface area (Å²) in [5.41, 5.74) is 1.88. The Balaban J connectivity index is 2.32. The van der Waals surface area contributed by atoms with Crippen LogP contribution < -0.4 is 4.74 Å². The van der Waals surface area contributed by atoms with Crippen LogP contribution >= 0.6 is 0 Å². The standard InChI is InChI=1S/C12H9NO2/c14-8-5-10-9-3-1-2-4-11(9)13-6-12(10)15-7-8/h1-4,6H,5,7H2. The Morgan fingerprint density at radius 1 is 1.27 bits per heavy atom. The summed E-state index contributed by atoms with van der Waals surface area (Å²) >= 11 is 0. The second-order valence-corrected chi connectivity index (χ2v) is 3.62. The SMILES string of the molecule is O=C1COc2cnc3ccccc3c2C1. The van der Waals surface area contributed by atoms with Crippen LogP contribution in [0, 0.1) is 0 Å². The maximum absolute atomic E-state index is 11.3. The van der Waals surface area contributed by atoms with Gasteiger partial charge < -0.3 is 4.74 Å². The summed E-state index contributed by atoms with van der Waals surface area (Å²) in [6.45, 7) is 0.174. The topological polar surface area (TPSA) is 39.2 Å². The predicted molar refractivity (Wildman–Crippen MR) is 55.9 cm³/mol. The highest BCUT2D eigenvalue weighted by atomic mass is 16.5. The van der Waals surface area contributed by atoms with E-state index < -0.39 is 0 Å². The molecule has 0 N–H and O–H groups in total. The number of benzene rings is 1. The van der Waals surface area contributed by atoms with Gasteiger partial charge in [-0.1, -0.05) is 18.2 Å². The molecule has 74 valence electrons. The maximum atomic E-state index is 11.3. The monoisotopic (exact) mass is 199 g/mol. The number of rotatable bonds is 0. The van der Waals surface area contributed by atoms with E-state index in [1.807, 2.05) is 24.3 Å². The minimum Gasteiger partial charge on any atom is -0.484 e. The Morgan fingerprint density at radius 3 is 3.07 bits per heavy atom. The number of hydrogen-bond donors (Lipinski definition) is 0. The van der Waals surface area contributed by atoms with Gasteiger partial charge in [0.2, 0.25) is 0 Å². The van der Waals surface area contributed by atoms with Crippen LogP contribution in [0.4, 0.5) is 0 Å². The van der Waals surface area contributed by atoms with E-state index in [-0.39, 0.29) is 12.4 Å². The molecule has 0 atom stereocenters. The zero-order valence-electron chi connectivity index (χ0n) is 8.06. The summed E-state index contributed by atoms with van der Waals surface area (Å²) in [6, 6.07) is 7.80. The van der Waals surface area contributed by atoms with Crippen molar-refractivity contribution in [3.05, 3.63) is 36.0 Å². The lowest BCUT2D eigenvalue weighted by Gasteiger charge is -2.17. The third kappa shape index (κ3) is 1.28. The zero-order valence-corrected chi connectivity index (χ0v) is 8.06. The summed E-state index contributed by atoms with van der Waals surface area (Å²) in [4.78, 5) is 15.6. The molecule has 0 aliphatic carbocycles. The largest absolute Gasteiger partial charge is 0.484 e. The Hall–Kier alpha value is -1.90.